The molecule has 0 atom stereocenters. The van der Waals surface area contributed by atoms with Crippen molar-refractivity contribution in [2.45, 2.75) is 65.7 Å². The molecule has 0 fully saturated rings. The Bertz CT molecular complexity index is 1340. The van der Waals surface area contributed by atoms with Crippen LogP contribution in [0.1, 0.15) is 61.8 Å². The van der Waals surface area contributed by atoms with E-state index < -0.39 is 0 Å². The molecule has 2 aliphatic heterocycles. The number of carbonyl (C=O) groups excluding carboxylic acids is 3. The van der Waals surface area contributed by atoms with Crippen molar-refractivity contribution >= 4 is 17.8 Å². The fourth-order valence-electron chi connectivity index (χ4n) is 5.08. The summed E-state index contributed by atoms with van der Waals surface area (Å²) in [5, 5.41) is 0. The van der Waals surface area contributed by atoms with E-state index in [1.165, 1.54) is 0 Å². The predicted octanol–water partition coefficient (Wildman–Crippen LogP) is 4.55. The third kappa shape index (κ3) is 7.35. The van der Waals surface area contributed by atoms with Gasteiger partial charge in [0.2, 0.25) is 11.8 Å². The van der Waals surface area contributed by atoms with Crippen LogP contribution in [0.3, 0.4) is 0 Å². The number of fused-ring (bicyclic) bond motifs is 2. The van der Waals surface area contributed by atoms with E-state index in [4.69, 9.17) is 23.7 Å². The van der Waals surface area contributed by atoms with E-state index in [1.807, 2.05) is 36.1 Å². The Morgan fingerprint density at radius 2 is 1.12 bits per heavy atom. The van der Waals surface area contributed by atoms with Gasteiger partial charge in [0.05, 0.1) is 27.2 Å². The number of hydrogen-bond donors (Lipinski definition) is 0. The third-order valence-electron chi connectivity index (χ3n) is 7.30. The summed E-state index contributed by atoms with van der Waals surface area (Å²) in [7, 11) is 3.16. The van der Waals surface area contributed by atoms with Crippen LogP contribution in [0.15, 0.2) is 36.4 Å². The van der Waals surface area contributed by atoms with Gasteiger partial charge in [-0.2, -0.15) is 0 Å². The summed E-state index contributed by atoms with van der Waals surface area (Å²) < 4.78 is 28.1. The van der Waals surface area contributed by atoms with Gasteiger partial charge in [0.15, 0.2) is 23.0 Å². The number of esters is 1. The molecule has 2 aromatic carbocycles. The van der Waals surface area contributed by atoms with Gasteiger partial charge in [-0.1, -0.05) is 13.5 Å². The van der Waals surface area contributed by atoms with E-state index in [-0.39, 0.29) is 43.8 Å². The molecule has 0 aliphatic carbocycles. The Morgan fingerprint density at radius 1 is 0.690 bits per heavy atom. The molecule has 0 aromatic heterocycles. The molecule has 226 valence electrons. The van der Waals surface area contributed by atoms with E-state index in [2.05, 4.69) is 6.58 Å². The Kier molecular flexibility index (Phi) is 10.3. The smallest absolute Gasteiger partial charge is 0.306 e. The molecule has 10 nitrogen and oxygen atoms in total. The van der Waals surface area contributed by atoms with Crippen molar-refractivity contribution in [2.24, 2.45) is 0 Å². The standard InChI is InChI=1S/C32H40N2O8/c1-6-8-30(35)33-15-22-11-26(38-4)28(13-24(22)17-33)41-19-21(3)20-42-29-14-25-18-34(16-23(25)12-27(29)39-5)31(36)9-10-32(37)40-7-2/h11-14H,3,6-10,15-20H2,1-2,4-5H3. The Hall–Kier alpha value is -4.21. The van der Waals surface area contributed by atoms with Crippen LogP contribution in [0.4, 0.5) is 0 Å². The molecule has 0 saturated carbocycles. The van der Waals surface area contributed by atoms with Gasteiger partial charge < -0.3 is 33.5 Å². The highest BCUT2D eigenvalue weighted by atomic mass is 16.5. The molecule has 2 heterocycles. The number of benzene rings is 2. The Labute approximate surface area is 247 Å². The highest BCUT2D eigenvalue weighted by molar-refractivity contribution is 5.82. The number of methoxy groups -OCH3 is 2. The lowest BCUT2D eigenvalue weighted by molar-refractivity contribution is -0.145. The highest BCUT2D eigenvalue weighted by Crippen LogP contribution is 2.37. The molecule has 4 rings (SSSR count). The first-order valence-corrected chi connectivity index (χ1v) is 14.3. The molecule has 2 aromatic rings. The van der Waals surface area contributed by atoms with Gasteiger partial charge in [0.1, 0.15) is 13.2 Å². The maximum absolute atomic E-state index is 12.7. The van der Waals surface area contributed by atoms with Crippen molar-refractivity contribution in [3.63, 3.8) is 0 Å². The lowest BCUT2D eigenvalue weighted by Crippen LogP contribution is -2.25. The quantitative estimate of drug-likeness (QED) is 0.237. The van der Waals surface area contributed by atoms with E-state index in [9.17, 15) is 14.4 Å². The molecule has 0 radical (unpaired) electrons. The molecule has 0 unspecified atom stereocenters. The SMILES string of the molecule is C=C(COc1cc2c(cc1OC)CN(C(=O)CCC)C2)COc1cc2c(cc1OC)CN(C(=O)CCC(=O)OCC)C2. The first kappa shape index (κ1) is 30.7. The third-order valence-corrected chi connectivity index (χ3v) is 7.30. The zero-order chi connectivity index (χ0) is 30.2. The van der Waals surface area contributed by atoms with Gasteiger partial charge in [-0.3, -0.25) is 14.4 Å². The summed E-state index contributed by atoms with van der Waals surface area (Å²) in [6, 6.07) is 7.64. The summed E-state index contributed by atoms with van der Waals surface area (Å²) >= 11 is 0. The maximum Gasteiger partial charge on any atom is 0.306 e. The monoisotopic (exact) mass is 580 g/mol. The Morgan fingerprint density at radius 3 is 1.52 bits per heavy atom. The van der Waals surface area contributed by atoms with E-state index in [0.717, 1.165) is 28.7 Å². The number of carbonyl (C=O) groups is 3. The summed E-state index contributed by atoms with van der Waals surface area (Å²) in [6.45, 7) is 10.6. The number of rotatable bonds is 14. The van der Waals surface area contributed by atoms with E-state index >= 15 is 0 Å². The minimum Gasteiger partial charge on any atom is -0.493 e. The van der Waals surface area contributed by atoms with Crippen molar-refractivity contribution in [3.05, 3.63) is 58.7 Å². The topological polar surface area (TPSA) is 104 Å². The Balaban J connectivity index is 1.32. The van der Waals surface area contributed by atoms with Crippen molar-refractivity contribution in [1.29, 1.82) is 0 Å². The van der Waals surface area contributed by atoms with Crippen LogP contribution < -0.4 is 18.9 Å². The first-order chi connectivity index (χ1) is 20.3. The van der Waals surface area contributed by atoms with Gasteiger partial charge in [0.25, 0.3) is 0 Å². The zero-order valence-corrected chi connectivity index (χ0v) is 25.0. The number of ether oxygens (including phenoxy) is 5. The lowest BCUT2D eigenvalue weighted by Gasteiger charge is -2.16. The molecule has 42 heavy (non-hydrogen) atoms. The fraction of sp³-hybridized carbons (Fsp3) is 0.469. The van der Waals surface area contributed by atoms with E-state index in [1.54, 1.807) is 26.0 Å². The summed E-state index contributed by atoms with van der Waals surface area (Å²) in [4.78, 5) is 40.2. The molecule has 2 amide bonds. The van der Waals surface area contributed by atoms with Crippen molar-refractivity contribution in [3.8, 4) is 23.0 Å². The second-order valence-corrected chi connectivity index (χ2v) is 10.4. The second-order valence-electron chi connectivity index (χ2n) is 10.4. The average molecular weight is 581 g/mol. The summed E-state index contributed by atoms with van der Waals surface area (Å²) in [5.41, 5.74) is 4.76. The summed E-state index contributed by atoms with van der Waals surface area (Å²) in [6.07, 6.45) is 1.53. The molecule has 10 heteroatoms. The van der Waals surface area contributed by atoms with Crippen LogP contribution in [0, 0.1) is 0 Å². The molecular formula is C32H40N2O8. The zero-order valence-electron chi connectivity index (χ0n) is 25.0. The minimum absolute atomic E-state index is 0.0653. The van der Waals surface area contributed by atoms with Gasteiger partial charge in [-0.15, -0.1) is 0 Å². The number of amides is 2. The van der Waals surface area contributed by atoms with Gasteiger partial charge in [-0.05, 0) is 65.4 Å². The molecule has 0 spiro atoms. The molecule has 0 N–H and O–H groups in total. The van der Waals surface area contributed by atoms with Crippen LogP contribution in [0.5, 0.6) is 23.0 Å². The van der Waals surface area contributed by atoms with Crippen LogP contribution in [0.2, 0.25) is 0 Å². The van der Waals surface area contributed by atoms with Gasteiger partial charge in [0, 0.05) is 39.0 Å². The molecule has 2 aliphatic rings. The second kappa shape index (κ2) is 14.1. The first-order valence-electron chi connectivity index (χ1n) is 14.3. The fourth-order valence-corrected chi connectivity index (χ4v) is 5.08. The van der Waals surface area contributed by atoms with Crippen molar-refractivity contribution < 1.29 is 38.1 Å². The normalized spacial score (nSPS) is 13.3. The van der Waals surface area contributed by atoms with Gasteiger partial charge in [-0.25, -0.2) is 0 Å². The van der Waals surface area contributed by atoms with Crippen molar-refractivity contribution in [1.82, 2.24) is 9.80 Å². The van der Waals surface area contributed by atoms with Crippen LogP contribution in [-0.2, 0) is 45.3 Å². The van der Waals surface area contributed by atoms with Gasteiger partial charge >= 0.3 is 5.97 Å². The van der Waals surface area contributed by atoms with Crippen LogP contribution >= 0.6 is 0 Å². The van der Waals surface area contributed by atoms with Crippen LogP contribution in [0.25, 0.3) is 0 Å². The highest BCUT2D eigenvalue weighted by Gasteiger charge is 2.27. The number of nitrogens with zero attached hydrogens (tertiary/aromatic N) is 2. The molecule has 0 bridgehead atoms. The van der Waals surface area contributed by atoms with Crippen molar-refractivity contribution in [2.75, 3.05) is 34.0 Å². The largest absolute Gasteiger partial charge is 0.493 e. The summed E-state index contributed by atoms with van der Waals surface area (Å²) in [5.74, 6) is 1.98. The van der Waals surface area contributed by atoms with E-state index in [0.29, 0.717) is 67.8 Å². The van der Waals surface area contributed by atoms with Crippen LogP contribution in [-0.4, -0.2) is 61.6 Å². The predicted molar refractivity (Wildman–Crippen MR) is 155 cm³/mol. The molecule has 0 saturated heterocycles. The minimum atomic E-state index is -0.371. The maximum atomic E-state index is 12.7. The number of hydrogen-bond acceptors (Lipinski definition) is 8. The molecular weight excluding hydrogens is 540 g/mol. The lowest BCUT2D eigenvalue weighted by atomic mass is 10.1. The average Bonchev–Trinajstić information content (AvgIpc) is 3.60.